The number of amides is 1. The Labute approximate surface area is 206 Å². The Morgan fingerprint density at radius 3 is 2.67 bits per heavy atom. The van der Waals surface area contributed by atoms with Gasteiger partial charge in [0.05, 0.1) is 30.3 Å². The molecule has 11 heteroatoms. The molecule has 10 nitrogen and oxygen atoms in total. The molecule has 36 heavy (non-hydrogen) atoms. The number of benzene rings is 2. The van der Waals surface area contributed by atoms with Crippen LogP contribution in [0.1, 0.15) is 34.7 Å². The van der Waals surface area contributed by atoms with E-state index in [0.29, 0.717) is 48.8 Å². The van der Waals surface area contributed by atoms with E-state index in [1.54, 1.807) is 15.5 Å². The van der Waals surface area contributed by atoms with Crippen LogP contribution in [0.5, 0.6) is 0 Å². The zero-order chi connectivity index (χ0) is 25.2. The number of para-hydroxylation sites is 1. The molecule has 0 radical (unpaired) electrons. The monoisotopic (exact) mass is 486 g/mol. The van der Waals surface area contributed by atoms with Gasteiger partial charge in [0.1, 0.15) is 46.8 Å². The van der Waals surface area contributed by atoms with E-state index in [4.69, 9.17) is 15.5 Å². The number of nitrogens with two attached hydrogens (primary N) is 1. The Balaban J connectivity index is 1.69. The summed E-state index contributed by atoms with van der Waals surface area (Å²) in [4.78, 5) is 27.9. The fourth-order valence-corrected chi connectivity index (χ4v) is 4.31. The molecule has 1 atom stereocenters. The molecule has 182 valence electrons. The topological polar surface area (TPSA) is 135 Å². The summed E-state index contributed by atoms with van der Waals surface area (Å²) in [5.41, 5.74) is 7.43. The van der Waals surface area contributed by atoms with Gasteiger partial charge in [0.2, 0.25) is 0 Å². The molecule has 2 aromatic carbocycles. The maximum absolute atomic E-state index is 15.3. The van der Waals surface area contributed by atoms with E-state index in [9.17, 15) is 10.1 Å². The van der Waals surface area contributed by atoms with Gasteiger partial charge in [-0.15, -0.1) is 0 Å². The third-order valence-electron chi connectivity index (χ3n) is 6.05. The van der Waals surface area contributed by atoms with Crippen LogP contribution in [-0.2, 0) is 4.74 Å². The fraction of sp³-hybridized carbons (Fsp3) is 0.240. The summed E-state index contributed by atoms with van der Waals surface area (Å²) in [6, 6.07) is 13.6. The lowest BCUT2D eigenvalue weighted by Crippen LogP contribution is -2.41. The van der Waals surface area contributed by atoms with Gasteiger partial charge in [-0.05, 0) is 31.2 Å². The highest BCUT2D eigenvalue weighted by Crippen LogP contribution is 2.32. The van der Waals surface area contributed by atoms with Gasteiger partial charge in [-0.25, -0.2) is 19.3 Å². The summed E-state index contributed by atoms with van der Waals surface area (Å²) in [7, 11) is 0. The lowest BCUT2D eigenvalue weighted by Gasteiger charge is -2.27. The molecule has 1 unspecified atom stereocenters. The molecule has 3 heterocycles. The predicted molar refractivity (Wildman–Crippen MR) is 131 cm³/mol. The molecule has 0 spiro atoms. The summed E-state index contributed by atoms with van der Waals surface area (Å²) in [5.74, 6) is -0.238. The number of nitrogen functional groups attached to an aromatic ring is 1. The highest BCUT2D eigenvalue weighted by Gasteiger charge is 2.29. The largest absolute Gasteiger partial charge is 0.382 e. The van der Waals surface area contributed by atoms with Crippen molar-refractivity contribution in [3.63, 3.8) is 0 Å². The van der Waals surface area contributed by atoms with Crippen LogP contribution in [0, 0.1) is 17.1 Å². The van der Waals surface area contributed by atoms with Gasteiger partial charge in [-0.2, -0.15) is 5.26 Å². The number of nitrogens with zero attached hydrogens (tertiary/aromatic N) is 6. The third kappa shape index (κ3) is 4.08. The molecule has 0 saturated carbocycles. The number of aromatic nitrogens is 4. The zero-order valence-corrected chi connectivity index (χ0v) is 19.5. The molecule has 0 aliphatic carbocycles. The van der Waals surface area contributed by atoms with E-state index >= 15 is 4.39 Å². The van der Waals surface area contributed by atoms with Crippen LogP contribution in [0.15, 0.2) is 48.8 Å². The van der Waals surface area contributed by atoms with Crippen molar-refractivity contribution in [2.24, 2.45) is 0 Å². The summed E-state index contributed by atoms with van der Waals surface area (Å²) in [5, 5.41) is 12.7. The first kappa shape index (κ1) is 23.2. The Bertz CT molecular complexity index is 1480. The summed E-state index contributed by atoms with van der Waals surface area (Å²) in [6.45, 7) is 3.39. The Hall–Kier alpha value is -4.56. The van der Waals surface area contributed by atoms with Crippen molar-refractivity contribution in [2.75, 3.05) is 37.4 Å². The normalized spacial score (nSPS) is 14.4. The van der Waals surface area contributed by atoms with Crippen molar-refractivity contribution in [2.45, 2.75) is 13.0 Å². The number of rotatable bonds is 5. The number of nitrogens with one attached hydrogen (secondary N) is 1. The standard InChI is InChI=1S/C25H23FN8O2/c1-15(31-23-17(13-27)22(28)29-14-30-23)24-32-19-8-7-18(26)20(25(35)33-9-11-36-12-10-33)21(19)34(24)16-5-3-2-4-6-16/h2-8,14-15H,9-12H2,1H3,(H3,28,29,30,31). The second kappa shape index (κ2) is 9.59. The highest BCUT2D eigenvalue weighted by atomic mass is 19.1. The molecule has 1 aliphatic rings. The SMILES string of the molecule is CC(Nc1ncnc(N)c1C#N)c1nc2ccc(F)c(C(=O)N3CCOCC3)c2n1-c1ccccc1. The summed E-state index contributed by atoms with van der Waals surface area (Å²) in [6.07, 6.45) is 1.26. The van der Waals surface area contributed by atoms with E-state index in [2.05, 4.69) is 15.3 Å². The smallest absolute Gasteiger partial charge is 0.259 e. The average molecular weight is 487 g/mol. The van der Waals surface area contributed by atoms with Crippen LogP contribution >= 0.6 is 0 Å². The number of imidazole rings is 1. The molecular weight excluding hydrogens is 463 g/mol. The minimum atomic E-state index is -0.626. The maximum Gasteiger partial charge on any atom is 0.259 e. The van der Waals surface area contributed by atoms with Crippen molar-refractivity contribution < 1.29 is 13.9 Å². The first-order valence-electron chi connectivity index (χ1n) is 11.4. The highest BCUT2D eigenvalue weighted by molar-refractivity contribution is 6.06. The summed E-state index contributed by atoms with van der Waals surface area (Å²) < 4.78 is 22.4. The Morgan fingerprint density at radius 2 is 1.94 bits per heavy atom. The van der Waals surface area contributed by atoms with Gasteiger partial charge in [0.25, 0.3) is 5.91 Å². The van der Waals surface area contributed by atoms with E-state index < -0.39 is 17.8 Å². The number of hydrogen-bond acceptors (Lipinski definition) is 8. The van der Waals surface area contributed by atoms with Gasteiger partial charge in [-0.3, -0.25) is 9.36 Å². The van der Waals surface area contributed by atoms with Crippen LogP contribution < -0.4 is 11.1 Å². The van der Waals surface area contributed by atoms with Crippen LogP contribution in [0.25, 0.3) is 16.7 Å². The quantitative estimate of drug-likeness (QED) is 0.439. The van der Waals surface area contributed by atoms with Crippen LogP contribution in [0.3, 0.4) is 0 Å². The second-order valence-corrected chi connectivity index (χ2v) is 8.30. The zero-order valence-electron chi connectivity index (χ0n) is 19.5. The third-order valence-corrected chi connectivity index (χ3v) is 6.05. The molecule has 5 rings (SSSR count). The number of ether oxygens (including phenoxy) is 1. The van der Waals surface area contributed by atoms with E-state index in [1.807, 2.05) is 43.3 Å². The van der Waals surface area contributed by atoms with Crippen molar-refractivity contribution in [1.29, 1.82) is 5.26 Å². The van der Waals surface area contributed by atoms with Crippen molar-refractivity contribution in [1.82, 2.24) is 24.4 Å². The molecular formula is C25H23FN8O2. The number of carbonyl (C=O) groups is 1. The van der Waals surface area contributed by atoms with E-state index in [0.717, 1.165) is 0 Å². The van der Waals surface area contributed by atoms with Gasteiger partial charge in [0.15, 0.2) is 0 Å². The Kier molecular flexibility index (Phi) is 6.18. The lowest BCUT2D eigenvalue weighted by atomic mass is 10.1. The molecule has 1 fully saturated rings. The van der Waals surface area contributed by atoms with Gasteiger partial charge < -0.3 is 20.7 Å². The minimum absolute atomic E-state index is 0.0480. The molecule has 0 bridgehead atoms. The van der Waals surface area contributed by atoms with Crippen molar-refractivity contribution in [3.05, 3.63) is 71.6 Å². The first-order chi connectivity index (χ1) is 17.5. The van der Waals surface area contributed by atoms with Crippen molar-refractivity contribution >= 4 is 28.6 Å². The second-order valence-electron chi connectivity index (χ2n) is 8.30. The number of morpholine rings is 1. The summed E-state index contributed by atoms with van der Waals surface area (Å²) >= 11 is 0. The number of nitriles is 1. The Morgan fingerprint density at radius 1 is 1.19 bits per heavy atom. The number of carbonyl (C=O) groups excluding carboxylic acids is 1. The molecule has 2 aromatic heterocycles. The number of fused-ring (bicyclic) bond motifs is 1. The van der Waals surface area contributed by atoms with E-state index in [1.165, 1.54) is 12.4 Å². The minimum Gasteiger partial charge on any atom is -0.382 e. The van der Waals surface area contributed by atoms with Gasteiger partial charge in [-0.1, -0.05) is 18.2 Å². The van der Waals surface area contributed by atoms with Crippen LogP contribution in [-0.4, -0.2) is 56.6 Å². The fourth-order valence-electron chi connectivity index (χ4n) is 4.31. The number of hydrogen-bond donors (Lipinski definition) is 2. The molecule has 1 aliphatic heterocycles. The van der Waals surface area contributed by atoms with Gasteiger partial charge in [0, 0.05) is 18.8 Å². The van der Waals surface area contributed by atoms with E-state index in [-0.39, 0.29) is 22.8 Å². The van der Waals surface area contributed by atoms with Gasteiger partial charge >= 0.3 is 0 Å². The number of anilines is 2. The lowest BCUT2D eigenvalue weighted by molar-refractivity contribution is 0.0301. The molecule has 1 amide bonds. The molecule has 4 aromatic rings. The average Bonchev–Trinajstić information content (AvgIpc) is 3.29. The predicted octanol–water partition coefficient (Wildman–Crippen LogP) is 3.05. The van der Waals surface area contributed by atoms with Crippen LogP contribution in [0.2, 0.25) is 0 Å². The number of halogens is 1. The van der Waals surface area contributed by atoms with Crippen molar-refractivity contribution in [3.8, 4) is 11.8 Å². The van der Waals surface area contributed by atoms with Crippen LogP contribution in [0.4, 0.5) is 16.0 Å². The molecule has 3 N–H and O–H groups in total. The maximum atomic E-state index is 15.3. The molecule has 1 saturated heterocycles. The first-order valence-corrected chi connectivity index (χ1v) is 11.4.